The Hall–Kier alpha value is -1.14. The molecule has 1 atom stereocenters. The minimum absolute atomic E-state index is 0.204. The lowest BCUT2D eigenvalue weighted by molar-refractivity contribution is -0.128. The molecule has 0 aromatic heterocycles. The van der Waals surface area contributed by atoms with Crippen LogP contribution in [0.2, 0.25) is 0 Å². The van der Waals surface area contributed by atoms with E-state index < -0.39 is 12.1 Å². The second kappa shape index (κ2) is 6.33. The monoisotopic (exact) mass is 201 g/mol. The van der Waals surface area contributed by atoms with Crippen LogP contribution in [0.5, 0.6) is 0 Å². The van der Waals surface area contributed by atoms with Crippen molar-refractivity contribution in [1.82, 2.24) is 21.3 Å². The summed E-state index contributed by atoms with van der Waals surface area (Å²) in [6, 6.07) is 0. The minimum atomic E-state index is -0.896. The number of likely N-dealkylation sites (N-methyl/N-ethyl adjacent to an activating group) is 2. The van der Waals surface area contributed by atoms with Gasteiger partial charge in [0.2, 0.25) is 5.91 Å². The van der Waals surface area contributed by atoms with Crippen molar-refractivity contribution < 1.29 is 9.59 Å². The maximum atomic E-state index is 11.2. The Morgan fingerprint density at radius 1 is 1.43 bits per heavy atom. The van der Waals surface area contributed by atoms with Gasteiger partial charge < -0.3 is 10.2 Å². The number of rotatable bonds is 6. The molecule has 0 fully saturated rings. The fourth-order valence-corrected chi connectivity index (χ4v) is 0.907. The first-order valence-corrected chi connectivity index (χ1v) is 4.40. The standard InChI is InChI=1S/C8H17N4O2/c1-4-10-8(7(9)14)11-6(13)5-12(2)3/h8-10H,4-5H2,1-3H3,(H,11,13). The van der Waals surface area contributed by atoms with Gasteiger partial charge in [0.25, 0.3) is 5.91 Å². The van der Waals surface area contributed by atoms with Crippen molar-refractivity contribution in [3.8, 4) is 0 Å². The fraction of sp³-hybridized carbons (Fsp3) is 0.750. The highest BCUT2D eigenvalue weighted by Crippen LogP contribution is 1.80. The molecule has 0 aliphatic heterocycles. The first-order chi connectivity index (χ1) is 6.47. The molecule has 0 bridgehead atoms. The van der Waals surface area contributed by atoms with Gasteiger partial charge in [-0.05, 0) is 20.6 Å². The largest absolute Gasteiger partial charge is 0.331 e. The molecule has 0 aliphatic carbocycles. The zero-order valence-corrected chi connectivity index (χ0v) is 8.76. The second-order valence-corrected chi connectivity index (χ2v) is 3.16. The van der Waals surface area contributed by atoms with Gasteiger partial charge in [-0.1, -0.05) is 6.92 Å². The molecule has 0 aromatic rings. The zero-order chi connectivity index (χ0) is 11.1. The molecule has 1 radical (unpaired) electrons. The average molecular weight is 201 g/mol. The molecule has 6 heteroatoms. The second-order valence-electron chi connectivity index (χ2n) is 3.16. The first-order valence-electron chi connectivity index (χ1n) is 4.40. The van der Waals surface area contributed by atoms with Gasteiger partial charge in [-0.3, -0.25) is 20.6 Å². The molecule has 0 spiro atoms. The van der Waals surface area contributed by atoms with Gasteiger partial charge in [0.1, 0.15) is 0 Å². The third kappa shape index (κ3) is 5.50. The lowest BCUT2D eigenvalue weighted by Gasteiger charge is -2.17. The Labute approximate surface area is 83.8 Å². The van der Waals surface area contributed by atoms with Gasteiger partial charge in [-0.15, -0.1) is 0 Å². The van der Waals surface area contributed by atoms with E-state index in [0.29, 0.717) is 6.54 Å². The van der Waals surface area contributed by atoms with Crippen LogP contribution in [0.4, 0.5) is 0 Å². The number of carbonyl (C=O) groups is 2. The topological polar surface area (TPSA) is 85.2 Å². The predicted octanol–water partition coefficient (Wildman–Crippen LogP) is -1.59. The van der Waals surface area contributed by atoms with E-state index in [2.05, 4.69) is 10.6 Å². The Bertz CT molecular complexity index is 206. The number of carbonyl (C=O) groups excluding carboxylic acids is 2. The SMILES string of the molecule is CCNC(NC(=O)CN(C)C)C([NH])=O. The highest BCUT2D eigenvalue weighted by molar-refractivity contribution is 5.86. The lowest BCUT2D eigenvalue weighted by atomic mass is 10.4. The Morgan fingerprint density at radius 3 is 2.36 bits per heavy atom. The van der Waals surface area contributed by atoms with Gasteiger partial charge >= 0.3 is 0 Å². The summed E-state index contributed by atoms with van der Waals surface area (Å²) < 4.78 is 0. The number of hydrogen-bond donors (Lipinski definition) is 2. The minimum Gasteiger partial charge on any atom is -0.331 e. The summed E-state index contributed by atoms with van der Waals surface area (Å²) in [7, 11) is 3.51. The lowest BCUT2D eigenvalue weighted by Crippen LogP contribution is -2.52. The van der Waals surface area contributed by atoms with E-state index in [0.717, 1.165) is 0 Å². The number of nitrogens with zero attached hydrogens (tertiary/aromatic N) is 1. The molecule has 81 valence electrons. The Kier molecular flexibility index (Phi) is 5.82. The number of nitrogens with one attached hydrogen (secondary N) is 3. The van der Waals surface area contributed by atoms with Crippen LogP contribution in [-0.4, -0.2) is 50.1 Å². The predicted molar refractivity (Wildman–Crippen MR) is 52.3 cm³/mol. The molecule has 0 heterocycles. The van der Waals surface area contributed by atoms with Crippen molar-refractivity contribution in [3.05, 3.63) is 0 Å². The van der Waals surface area contributed by atoms with Crippen molar-refractivity contribution in [2.24, 2.45) is 0 Å². The van der Waals surface area contributed by atoms with Crippen LogP contribution in [0.15, 0.2) is 0 Å². The summed E-state index contributed by atoms with van der Waals surface area (Å²) >= 11 is 0. The van der Waals surface area contributed by atoms with Crippen molar-refractivity contribution in [1.29, 1.82) is 0 Å². The number of amides is 2. The maximum absolute atomic E-state index is 11.2. The summed E-state index contributed by atoms with van der Waals surface area (Å²) in [5.74, 6) is -1.11. The van der Waals surface area contributed by atoms with Crippen molar-refractivity contribution >= 4 is 11.8 Å². The van der Waals surface area contributed by atoms with Gasteiger partial charge in [0, 0.05) is 0 Å². The Morgan fingerprint density at radius 2 is 2.00 bits per heavy atom. The molecule has 14 heavy (non-hydrogen) atoms. The molecule has 0 aromatic carbocycles. The third-order valence-electron chi connectivity index (χ3n) is 1.44. The van der Waals surface area contributed by atoms with E-state index in [9.17, 15) is 9.59 Å². The fourth-order valence-electron chi connectivity index (χ4n) is 0.907. The third-order valence-corrected chi connectivity index (χ3v) is 1.44. The smallest absolute Gasteiger partial charge is 0.275 e. The van der Waals surface area contributed by atoms with Crippen molar-refractivity contribution in [2.45, 2.75) is 13.1 Å². The average Bonchev–Trinajstić information content (AvgIpc) is 2.01. The van der Waals surface area contributed by atoms with E-state index in [1.54, 1.807) is 25.9 Å². The molecular formula is C8H17N4O2. The first kappa shape index (κ1) is 12.9. The molecule has 3 N–H and O–H groups in total. The van der Waals surface area contributed by atoms with Gasteiger partial charge in [0.05, 0.1) is 6.54 Å². The molecule has 0 aliphatic rings. The molecule has 0 saturated heterocycles. The van der Waals surface area contributed by atoms with E-state index >= 15 is 0 Å². The molecule has 0 saturated carbocycles. The molecule has 2 amide bonds. The van der Waals surface area contributed by atoms with Crippen LogP contribution in [-0.2, 0) is 9.59 Å². The normalized spacial score (nSPS) is 12.6. The summed E-state index contributed by atoms with van der Waals surface area (Å²) in [6.07, 6.45) is -0.896. The molecule has 6 nitrogen and oxygen atoms in total. The quantitative estimate of drug-likeness (QED) is 0.507. The summed E-state index contributed by atoms with van der Waals surface area (Å²) in [5, 5.41) is 5.12. The van der Waals surface area contributed by atoms with Gasteiger partial charge in [0.15, 0.2) is 6.17 Å². The van der Waals surface area contributed by atoms with Crippen molar-refractivity contribution in [3.63, 3.8) is 0 Å². The Balaban J connectivity index is 4.02. The van der Waals surface area contributed by atoms with E-state index in [1.165, 1.54) is 0 Å². The van der Waals surface area contributed by atoms with E-state index in [-0.39, 0.29) is 12.5 Å². The van der Waals surface area contributed by atoms with Crippen LogP contribution in [0.1, 0.15) is 6.92 Å². The molecule has 1 unspecified atom stereocenters. The van der Waals surface area contributed by atoms with Crippen molar-refractivity contribution in [2.75, 3.05) is 27.2 Å². The van der Waals surface area contributed by atoms with Crippen LogP contribution in [0, 0.1) is 0 Å². The van der Waals surface area contributed by atoms with Gasteiger partial charge in [-0.25, -0.2) is 0 Å². The maximum Gasteiger partial charge on any atom is 0.275 e. The van der Waals surface area contributed by atoms with Crippen LogP contribution in [0.3, 0.4) is 0 Å². The summed E-state index contributed by atoms with van der Waals surface area (Å²) in [5.41, 5.74) is 6.88. The number of hydrogen-bond acceptors (Lipinski definition) is 4. The van der Waals surface area contributed by atoms with Gasteiger partial charge in [-0.2, -0.15) is 0 Å². The summed E-state index contributed by atoms with van der Waals surface area (Å²) in [4.78, 5) is 23.6. The van der Waals surface area contributed by atoms with E-state index in [4.69, 9.17) is 5.73 Å². The molecular weight excluding hydrogens is 184 g/mol. The van der Waals surface area contributed by atoms with Crippen LogP contribution < -0.4 is 16.4 Å². The van der Waals surface area contributed by atoms with E-state index in [1.807, 2.05) is 0 Å². The highest BCUT2D eigenvalue weighted by atomic mass is 16.2. The van der Waals surface area contributed by atoms with Crippen LogP contribution in [0.25, 0.3) is 0 Å². The van der Waals surface area contributed by atoms with Crippen LogP contribution >= 0.6 is 0 Å². The highest BCUT2D eigenvalue weighted by Gasteiger charge is 2.16. The zero-order valence-electron chi connectivity index (χ0n) is 8.76. The molecule has 0 rings (SSSR count). The summed E-state index contributed by atoms with van der Waals surface area (Å²) in [6.45, 7) is 2.53.